The molecule has 0 aliphatic carbocycles. The third-order valence-electron chi connectivity index (χ3n) is 2.76. The van der Waals surface area contributed by atoms with Gasteiger partial charge in [0.25, 0.3) is 0 Å². The summed E-state index contributed by atoms with van der Waals surface area (Å²) in [6, 6.07) is 6.67. The summed E-state index contributed by atoms with van der Waals surface area (Å²) in [6.45, 7) is 2.73. The van der Waals surface area contributed by atoms with Crippen molar-refractivity contribution in [2.24, 2.45) is 0 Å². The Balaban J connectivity index is 2.99. The molecule has 1 N–H and O–H groups in total. The highest BCUT2D eigenvalue weighted by atomic mass is 32.2. The topological polar surface area (TPSA) is 63.2 Å². The van der Waals surface area contributed by atoms with E-state index in [2.05, 4.69) is 11.2 Å². The van der Waals surface area contributed by atoms with Crippen LogP contribution in [0.4, 0.5) is 5.69 Å². The molecule has 0 saturated heterocycles. The van der Waals surface area contributed by atoms with E-state index in [9.17, 15) is 13.2 Å². The van der Waals surface area contributed by atoms with Gasteiger partial charge >= 0.3 is 0 Å². The number of carbonyl (C=O) groups excluding carboxylic acids is 1. The number of terminal acetylenes is 1. The molecule has 0 spiro atoms. The molecule has 18 heavy (non-hydrogen) atoms. The predicted octanol–water partition coefficient (Wildman–Crippen LogP) is 1.43. The van der Waals surface area contributed by atoms with Gasteiger partial charge in [0.1, 0.15) is 4.75 Å². The van der Waals surface area contributed by atoms with Crippen LogP contribution in [0.5, 0.6) is 0 Å². The van der Waals surface area contributed by atoms with Crippen LogP contribution >= 0.6 is 0 Å². The van der Waals surface area contributed by atoms with Crippen LogP contribution in [0.25, 0.3) is 0 Å². The average molecular weight is 265 g/mol. The zero-order valence-electron chi connectivity index (χ0n) is 10.5. The molecule has 0 atom stereocenters. The van der Waals surface area contributed by atoms with Gasteiger partial charge in [0.05, 0.1) is 0 Å². The first kappa shape index (κ1) is 14.3. The lowest BCUT2D eigenvalue weighted by Crippen LogP contribution is -2.43. The van der Waals surface area contributed by atoms with E-state index < -0.39 is 20.5 Å². The first-order chi connectivity index (χ1) is 8.18. The molecule has 0 saturated carbocycles. The Hall–Kier alpha value is -1.80. The van der Waals surface area contributed by atoms with Crippen LogP contribution in [-0.2, 0) is 14.6 Å². The summed E-state index contributed by atoms with van der Waals surface area (Å²) in [7, 11) is -3.49. The number of sulfone groups is 1. The normalized spacial score (nSPS) is 11.7. The van der Waals surface area contributed by atoms with Gasteiger partial charge < -0.3 is 5.32 Å². The van der Waals surface area contributed by atoms with Gasteiger partial charge in [-0.2, -0.15) is 0 Å². The molecule has 0 aromatic heterocycles. The van der Waals surface area contributed by atoms with Crippen molar-refractivity contribution in [2.75, 3.05) is 11.6 Å². The van der Waals surface area contributed by atoms with Crippen LogP contribution < -0.4 is 5.32 Å². The molecule has 0 fully saturated rings. The molecule has 5 heteroatoms. The van der Waals surface area contributed by atoms with Gasteiger partial charge in [-0.15, -0.1) is 6.42 Å². The largest absolute Gasteiger partial charge is 0.325 e. The van der Waals surface area contributed by atoms with Gasteiger partial charge in [0.2, 0.25) is 5.91 Å². The lowest BCUT2D eigenvalue weighted by Gasteiger charge is -2.21. The number of hydrogen-bond acceptors (Lipinski definition) is 3. The summed E-state index contributed by atoms with van der Waals surface area (Å²) in [4.78, 5) is 11.9. The molecular weight excluding hydrogens is 250 g/mol. The Morgan fingerprint density at radius 2 is 2.00 bits per heavy atom. The maximum Gasteiger partial charge on any atom is 0.245 e. The smallest absolute Gasteiger partial charge is 0.245 e. The van der Waals surface area contributed by atoms with Crippen molar-refractivity contribution in [3.8, 4) is 12.3 Å². The molecule has 1 rings (SSSR count). The highest BCUT2D eigenvalue weighted by molar-refractivity contribution is 7.92. The quantitative estimate of drug-likeness (QED) is 0.841. The lowest BCUT2D eigenvalue weighted by atomic mass is 10.1. The number of nitrogens with one attached hydrogen (secondary N) is 1. The number of hydrogen-bond donors (Lipinski definition) is 1. The van der Waals surface area contributed by atoms with Crippen LogP contribution in [0.15, 0.2) is 24.3 Å². The molecule has 0 aliphatic rings. The Labute approximate surface area is 107 Å². The summed E-state index contributed by atoms with van der Waals surface area (Å²) in [5.41, 5.74) is 1.09. The van der Waals surface area contributed by atoms with Gasteiger partial charge in [-0.1, -0.05) is 12.0 Å². The summed E-state index contributed by atoms with van der Waals surface area (Å²) in [5.74, 6) is 1.86. The van der Waals surface area contributed by atoms with E-state index in [0.29, 0.717) is 11.3 Å². The second-order valence-electron chi connectivity index (χ2n) is 4.46. The van der Waals surface area contributed by atoms with Crippen molar-refractivity contribution >= 4 is 21.4 Å². The van der Waals surface area contributed by atoms with Crippen molar-refractivity contribution in [3.63, 3.8) is 0 Å². The summed E-state index contributed by atoms with van der Waals surface area (Å²) >= 11 is 0. The zero-order chi connectivity index (χ0) is 14.0. The molecule has 1 aromatic rings. The van der Waals surface area contributed by atoms with E-state index in [1.807, 2.05) is 0 Å². The molecular formula is C13H15NO3S. The van der Waals surface area contributed by atoms with E-state index in [-0.39, 0.29) is 0 Å². The molecule has 4 nitrogen and oxygen atoms in total. The van der Waals surface area contributed by atoms with Crippen molar-refractivity contribution in [1.29, 1.82) is 0 Å². The van der Waals surface area contributed by atoms with Gasteiger partial charge in [-0.3, -0.25) is 4.79 Å². The molecule has 0 aliphatic heterocycles. The molecule has 1 amide bonds. The third-order valence-corrected chi connectivity index (χ3v) is 4.80. The summed E-state index contributed by atoms with van der Waals surface area (Å²) in [5, 5.41) is 2.55. The van der Waals surface area contributed by atoms with Crippen molar-refractivity contribution in [3.05, 3.63) is 29.8 Å². The van der Waals surface area contributed by atoms with E-state index in [4.69, 9.17) is 6.42 Å². The van der Waals surface area contributed by atoms with Crippen LogP contribution in [-0.4, -0.2) is 25.3 Å². The minimum atomic E-state index is -3.49. The number of carbonyl (C=O) groups is 1. The van der Waals surface area contributed by atoms with Crippen LogP contribution in [0.3, 0.4) is 0 Å². The van der Waals surface area contributed by atoms with Crippen LogP contribution in [0.1, 0.15) is 19.4 Å². The SMILES string of the molecule is C#Cc1cccc(NC(=O)C(C)(C)S(C)(=O)=O)c1. The third kappa shape index (κ3) is 2.90. The summed E-state index contributed by atoms with van der Waals surface area (Å²) in [6.07, 6.45) is 6.28. The fourth-order valence-corrected chi connectivity index (χ4v) is 1.52. The highest BCUT2D eigenvalue weighted by Gasteiger charge is 2.38. The standard InChI is InChI=1S/C13H15NO3S/c1-5-10-7-6-8-11(9-10)14-12(15)13(2,3)18(4,16)17/h1,6-9H,2-4H3,(H,14,15). The molecule has 96 valence electrons. The maximum absolute atomic E-state index is 11.9. The van der Waals surface area contributed by atoms with Gasteiger partial charge in [-0.05, 0) is 32.0 Å². The number of rotatable bonds is 3. The second-order valence-corrected chi connectivity index (χ2v) is 7.03. The monoisotopic (exact) mass is 265 g/mol. The van der Waals surface area contributed by atoms with Crippen molar-refractivity contribution in [2.45, 2.75) is 18.6 Å². The molecule has 0 bridgehead atoms. The fraction of sp³-hybridized carbons (Fsp3) is 0.308. The van der Waals surface area contributed by atoms with E-state index >= 15 is 0 Å². The molecule has 0 heterocycles. The average Bonchev–Trinajstić information content (AvgIpc) is 2.27. The molecule has 1 aromatic carbocycles. The Bertz CT molecular complexity index is 609. The Kier molecular flexibility index (Phi) is 3.82. The minimum absolute atomic E-state index is 0.479. The number of benzene rings is 1. The van der Waals surface area contributed by atoms with Crippen molar-refractivity contribution in [1.82, 2.24) is 0 Å². The Morgan fingerprint density at radius 3 is 2.50 bits per heavy atom. The molecule has 0 unspecified atom stereocenters. The van der Waals surface area contributed by atoms with Gasteiger partial charge in [0.15, 0.2) is 9.84 Å². The van der Waals surface area contributed by atoms with E-state index in [1.165, 1.54) is 13.8 Å². The van der Waals surface area contributed by atoms with Crippen LogP contribution in [0.2, 0.25) is 0 Å². The lowest BCUT2D eigenvalue weighted by molar-refractivity contribution is -0.117. The van der Waals surface area contributed by atoms with Crippen molar-refractivity contribution < 1.29 is 13.2 Å². The summed E-state index contributed by atoms with van der Waals surface area (Å²) < 4.78 is 21.5. The number of amides is 1. The zero-order valence-corrected chi connectivity index (χ0v) is 11.3. The van der Waals surface area contributed by atoms with E-state index in [1.54, 1.807) is 24.3 Å². The fourth-order valence-electron chi connectivity index (χ4n) is 1.14. The molecule has 0 radical (unpaired) electrons. The van der Waals surface area contributed by atoms with Gasteiger partial charge in [-0.25, -0.2) is 8.42 Å². The van der Waals surface area contributed by atoms with E-state index in [0.717, 1.165) is 6.26 Å². The Morgan fingerprint density at radius 1 is 1.39 bits per heavy atom. The first-order valence-corrected chi connectivity index (χ1v) is 7.15. The second kappa shape index (κ2) is 4.83. The highest BCUT2D eigenvalue weighted by Crippen LogP contribution is 2.19. The predicted molar refractivity (Wildman–Crippen MR) is 71.9 cm³/mol. The number of anilines is 1. The minimum Gasteiger partial charge on any atom is -0.325 e. The maximum atomic E-state index is 11.9. The van der Waals surface area contributed by atoms with Crippen LogP contribution in [0, 0.1) is 12.3 Å². The van der Waals surface area contributed by atoms with Gasteiger partial charge in [0, 0.05) is 17.5 Å². The first-order valence-electron chi connectivity index (χ1n) is 5.26.